The molecule has 434 valence electrons. The van der Waals surface area contributed by atoms with Crippen LogP contribution < -0.4 is 0 Å². The maximum atomic E-state index is 12.8. The molecule has 0 heterocycles. The van der Waals surface area contributed by atoms with Crippen LogP contribution in [0.25, 0.3) is 0 Å². The molecule has 1 unspecified atom stereocenters. The van der Waals surface area contributed by atoms with Crippen LogP contribution in [0.3, 0.4) is 0 Å². The number of hydrogen-bond donors (Lipinski definition) is 0. The number of rotatable bonds is 63. The first-order valence-corrected chi connectivity index (χ1v) is 33.5. The average molecular weight is 1030 g/mol. The van der Waals surface area contributed by atoms with E-state index in [1.54, 1.807) is 0 Å². The van der Waals surface area contributed by atoms with Crippen LogP contribution in [-0.4, -0.2) is 37.2 Å². The molecule has 0 aromatic carbocycles. The molecule has 0 bridgehead atoms. The van der Waals surface area contributed by atoms with Crippen molar-refractivity contribution in [2.24, 2.45) is 0 Å². The SMILES string of the molecule is CCCCCCCCCCCCCCCCCCCCCCCCCCCCCCCCCCC(=O)OCC(COC(=O)CCCCCCCCCCCC)OC(=O)CCCCCCCCCCCCCCC. The fourth-order valence-electron chi connectivity index (χ4n) is 10.6. The highest BCUT2D eigenvalue weighted by Gasteiger charge is 2.19. The van der Waals surface area contributed by atoms with Crippen molar-refractivity contribution in [1.29, 1.82) is 0 Å². The lowest BCUT2D eigenvalue weighted by molar-refractivity contribution is -0.167. The third-order valence-corrected chi connectivity index (χ3v) is 15.6. The zero-order chi connectivity index (χ0) is 52.9. The van der Waals surface area contributed by atoms with Gasteiger partial charge in [-0.15, -0.1) is 0 Å². The van der Waals surface area contributed by atoms with Crippen molar-refractivity contribution in [1.82, 2.24) is 0 Å². The van der Waals surface area contributed by atoms with Gasteiger partial charge in [0.2, 0.25) is 0 Å². The van der Waals surface area contributed by atoms with Gasteiger partial charge < -0.3 is 14.2 Å². The number of hydrogen-bond acceptors (Lipinski definition) is 6. The van der Waals surface area contributed by atoms with E-state index in [4.69, 9.17) is 14.2 Å². The van der Waals surface area contributed by atoms with Crippen molar-refractivity contribution in [3.05, 3.63) is 0 Å². The van der Waals surface area contributed by atoms with Crippen molar-refractivity contribution in [2.45, 2.75) is 399 Å². The van der Waals surface area contributed by atoms with Gasteiger partial charge in [0.05, 0.1) is 0 Å². The summed E-state index contributed by atoms with van der Waals surface area (Å²) >= 11 is 0. The standard InChI is InChI=1S/C67H130O6/c1-4-7-10-13-16-19-22-24-25-26-27-28-29-30-31-32-33-34-35-36-37-38-39-40-41-42-44-45-48-51-54-57-60-66(69)72-63-64(62-71-65(68)59-56-53-50-47-21-18-15-12-9-6-3)73-67(70)61-58-55-52-49-46-43-23-20-17-14-11-8-5-2/h64H,4-63H2,1-3H3. The Balaban J connectivity index is 3.97. The van der Waals surface area contributed by atoms with Crippen LogP contribution in [0.15, 0.2) is 0 Å². The van der Waals surface area contributed by atoms with Gasteiger partial charge in [0, 0.05) is 19.3 Å². The van der Waals surface area contributed by atoms with E-state index >= 15 is 0 Å². The van der Waals surface area contributed by atoms with Crippen LogP contribution in [-0.2, 0) is 28.6 Å². The molecule has 0 saturated carbocycles. The molecular weight excluding hydrogens is 901 g/mol. The van der Waals surface area contributed by atoms with Crippen LogP contribution >= 0.6 is 0 Å². The number of unbranched alkanes of at least 4 members (excludes halogenated alkanes) is 52. The Bertz CT molecular complexity index is 1090. The Kier molecular flexibility index (Phi) is 61.6. The molecule has 0 N–H and O–H groups in total. The molecule has 0 aliphatic carbocycles. The number of carbonyl (C=O) groups excluding carboxylic acids is 3. The highest BCUT2D eigenvalue weighted by molar-refractivity contribution is 5.71. The van der Waals surface area contributed by atoms with E-state index in [1.807, 2.05) is 0 Å². The van der Waals surface area contributed by atoms with Gasteiger partial charge in [-0.05, 0) is 19.3 Å². The number of ether oxygens (including phenoxy) is 3. The average Bonchev–Trinajstić information content (AvgIpc) is 3.39. The third kappa shape index (κ3) is 61.1. The molecule has 0 aliphatic rings. The van der Waals surface area contributed by atoms with E-state index in [-0.39, 0.29) is 31.1 Å². The van der Waals surface area contributed by atoms with E-state index in [9.17, 15) is 14.4 Å². The Morgan fingerprint density at radius 1 is 0.219 bits per heavy atom. The van der Waals surface area contributed by atoms with Gasteiger partial charge in [0.15, 0.2) is 6.10 Å². The minimum Gasteiger partial charge on any atom is -0.462 e. The second-order valence-corrected chi connectivity index (χ2v) is 23.1. The first kappa shape index (κ1) is 71.4. The monoisotopic (exact) mass is 1030 g/mol. The van der Waals surface area contributed by atoms with Crippen LogP contribution in [0.4, 0.5) is 0 Å². The summed E-state index contributed by atoms with van der Waals surface area (Å²) in [7, 11) is 0. The van der Waals surface area contributed by atoms with Gasteiger partial charge >= 0.3 is 17.9 Å². The minimum atomic E-state index is -0.761. The molecule has 73 heavy (non-hydrogen) atoms. The molecule has 0 aromatic rings. The van der Waals surface area contributed by atoms with Crippen molar-refractivity contribution < 1.29 is 28.6 Å². The first-order valence-electron chi connectivity index (χ1n) is 33.5. The van der Waals surface area contributed by atoms with Gasteiger partial charge in [0.25, 0.3) is 0 Å². The second-order valence-electron chi connectivity index (χ2n) is 23.1. The van der Waals surface area contributed by atoms with Gasteiger partial charge in [-0.25, -0.2) is 0 Å². The highest BCUT2D eigenvalue weighted by atomic mass is 16.6. The fourth-order valence-corrected chi connectivity index (χ4v) is 10.6. The summed E-state index contributed by atoms with van der Waals surface area (Å²) < 4.78 is 16.9. The Morgan fingerprint density at radius 2 is 0.370 bits per heavy atom. The third-order valence-electron chi connectivity index (χ3n) is 15.6. The van der Waals surface area contributed by atoms with E-state index in [2.05, 4.69) is 20.8 Å². The lowest BCUT2D eigenvalue weighted by atomic mass is 10.0. The maximum absolute atomic E-state index is 12.8. The highest BCUT2D eigenvalue weighted by Crippen LogP contribution is 2.19. The largest absolute Gasteiger partial charge is 0.462 e. The van der Waals surface area contributed by atoms with Crippen molar-refractivity contribution in [3.8, 4) is 0 Å². The molecule has 1 atom stereocenters. The Hall–Kier alpha value is -1.59. The molecule has 0 rings (SSSR count). The summed E-state index contributed by atoms with van der Waals surface area (Å²) in [5, 5.41) is 0. The van der Waals surface area contributed by atoms with Crippen LogP contribution in [0.1, 0.15) is 393 Å². The normalized spacial score (nSPS) is 11.9. The first-order chi connectivity index (χ1) is 36.0. The fraction of sp³-hybridized carbons (Fsp3) is 0.955. The van der Waals surface area contributed by atoms with E-state index in [1.165, 1.54) is 295 Å². The van der Waals surface area contributed by atoms with Crippen LogP contribution in [0.5, 0.6) is 0 Å². The Morgan fingerprint density at radius 3 is 0.548 bits per heavy atom. The minimum absolute atomic E-state index is 0.0612. The predicted molar refractivity (Wildman–Crippen MR) is 317 cm³/mol. The number of carbonyl (C=O) groups is 3. The van der Waals surface area contributed by atoms with Crippen LogP contribution in [0.2, 0.25) is 0 Å². The molecule has 0 saturated heterocycles. The quantitative estimate of drug-likeness (QED) is 0.0343. The predicted octanol–water partition coefficient (Wildman–Crippen LogP) is 22.7. The maximum Gasteiger partial charge on any atom is 0.306 e. The Labute approximate surface area is 457 Å². The second kappa shape index (κ2) is 62.9. The molecular formula is C67H130O6. The molecule has 0 fully saturated rings. The topological polar surface area (TPSA) is 78.9 Å². The molecule has 0 aromatic heterocycles. The summed E-state index contributed by atoms with van der Waals surface area (Å²) in [6.07, 6.45) is 73.0. The number of esters is 3. The van der Waals surface area contributed by atoms with E-state index in [0.717, 1.165) is 57.8 Å². The molecule has 0 aliphatic heterocycles. The lowest BCUT2D eigenvalue weighted by Gasteiger charge is -2.18. The van der Waals surface area contributed by atoms with Crippen molar-refractivity contribution in [3.63, 3.8) is 0 Å². The molecule has 0 radical (unpaired) electrons. The van der Waals surface area contributed by atoms with Crippen molar-refractivity contribution >= 4 is 17.9 Å². The van der Waals surface area contributed by atoms with E-state index < -0.39 is 6.10 Å². The summed E-state index contributed by atoms with van der Waals surface area (Å²) in [6.45, 7) is 6.70. The van der Waals surface area contributed by atoms with Gasteiger partial charge in [0.1, 0.15) is 13.2 Å². The molecule has 0 spiro atoms. The lowest BCUT2D eigenvalue weighted by Crippen LogP contribution is -2.30. The molecule has 0 amide bonds. The summed E-state index contributed by atoms with van der Waals surface area (Å²) in [6, 6.07) is 0. The van der Waals surface area contributed by atoms with E-state index in [0.29, 0.717) is 19.3 Å². The van der Waals surface area contributed by atoms with Crippen molar-refractivity contribution in [2.75, 3.05) is 13.2 Å². The summed E-state index contributed by atoms with van der Waals surface area (Å²) in [5.41, 5.74) is 0. The van der Waals surface area contributed by atoms with Gasteiger partial charge in [-0.2, -0.15) is 0 Å². The van der Waals surface area contributed by atoms with Gasteiger partial charge in [-0.3, -0.25) is 14.4 Å². The van der Waals surface area contributed by atoms with Crippen LogP contribution in [0, 0.1) is 0 Å². The summed E-state index contributed by atoms with van der Waals surface area (Å²) in [5.74, 6) is -0.833. The smallest absolute Gasteiger partial charge is 0.306 e. The van der Waals surface area contributed by atoms with Gasteiger partial charge in [-0.1, -0.05) is 355 Å². The molecule has 6 nitrogen and oxygen atoms in total. The summed E-state index contributed by atoms with van der Waals surface area (Å²) in [4.78, 5) is 38.1. The molecule has 6 heteroatoms. The zero-order valence-electron chi connectivity index (χ0n) is 50.0. The zero-order valence-corrected chi connectivity index (χ0v) is 50.0.